The Bertz CT molecular complexity index is 526. The number of carbonyl (C=O) groups is 2. The number of aliphatic hydroxyl groups is 1. The first kappa shape index (κ1) is 19.0. The van der Waals surface area contributed by atoms with Gasteiger partial charge in [0, 0.05) is 25.7 Å². The first-order valence-corrected chi connectivity index (χ1v) is 8.87. The Labute approximate surface area is 144 Å². The Kier molecular flexibility index (Phi) is 5.74. The molecule has 1 saturated carbocycles. The zero-order valence-corrected chi connectivity index (χ0v) is 15.4. The lowest BCUT2D eigenvalue weighted by Gasteiger charge is -2.55. The third-order valence-corrected chi connectivity index (χ3v) is 5.81. The summed E-state index contributed by atoms with van der Waals surface area (Å²) in [7, 11) is 0. The second-order valence-corrected chi connectivity index (χ2v) is 7.59. The van der Waals surface area contributed by atoms with Crippen LogP contribution >= 0.6 is 0 Å². The molecule has 24 heavy (non-hydrogen) atoms. The molecule has 0 aliphatic heterocycles. The second-order valence-electron chi connectivity index (χ2n) is 7.59. The van der Waals surface area contributed by atoms with Gasteiger partial charge in [0.1, 0.15) is 11.7 Å². The van der Waals surface area contributed by atoms with Gasteiger partial charge in [0.15, 0.2) is 0 Å². The minimum absolute atomic E-state index is 0.0171. The highest BCUT2D eigenvalue weighted by molar-refractivity contribution is 5.66. The highest BCUT2D eigenvalue weighted by Crippen LogP contribution is 2.52. The van der Waals surface area contributed by atoms with Crippen LogP contribution < -0.4 is 0 Å². The Hall–Kier alpha value is -1.36. The van der Waals surface area contributed by atoms with Crippen LogP contribution in [0.1, 0.15) is 53.9 Å². The summed E-state index contributed by atoms with van der Waals surface area (Å²) >= 11 is 0. The van der Waals surface area contributed by atoms with E-state index in [-0.39, 0.29) is 42.2 Å². The molecule has 6 atom stereocenters. The molecule has 0 aromatic heterocycles. The van der Waals surface area contributed by atoms with Crippen LogP contribution in [0.25, 0.3) is 0 Å². The van der Waals surface area contributed by atoms with Gasteiger partial charge in [0.25, 0.3) is 0 Å². The van der Waals surface area contributed by atoms with Crippen molar-refractivity contribution in [3.63, 3.8) is 0 Å². The van der Waals surface area contributed by atoms with E-state index in [0.29, 0.717) is 6.42 Å². The second kappa shape index (κ2) is 7.26. The van der Waals surface area contributed by atoms with Crippen molar-refractivity contribution >= 4 is 11.9 Å². The van der Waals surface area contributed by atoms with Crippen molar-refractivity contribution in [2.24, 2.45) is 23.7 Å². The Morgan fingerprint density at radius 1 is 1.33 bits per heavy atom. The van der Waals surface area contributed by atoms with Crippen LogP contribution in [0.5, 0.6) is 0 Å². The summed E-state index contributed by atoms with van der Waals surface area (Å²) in [5.74, 6) is -0.728. The molecule has 5 heteroatoms. The highest BCUT2D eigenvalue weighted by atomic mass is 16.6. The minimum Gasteiger partial charge on any atom is -0.466 e. The molecule has 0 heterocycles. The molecule has 0 aromatic rings. The lowest BCUT2D eigenvalue weighted by molar-refractivity contribution is -0.214. The van der Waals surface area contributed by atoms with Gasteiger partial charge in [-0.15, -0.1) is 0 Å². The minimum atomic E-state index is -1.11. The van der Waals surface area contributed by atoms with Crippen LogP contribution in [-0.2, 0) is 19.1 Å². The van der Waals surface area contributed by atoms with Gasteiger partial charge in [0.2, 0.25) is 0 Å². The number of allylic oxidation sites excluding steroid dienone is 1. The predicted octanol–water partition coefficient (Wildman–Crippen LogP) is 2.86. The number of hydrogen-bond acceptors (Lipinski definition) is 5. The van der Waals surface area contributed by atoms with E-state index in [1.165, 1.54) is 13.8 Å². The van der Waals surface area contributed by atoms with Gasteiger partial charge >= 0.3 is 11.9 Å². The summed E-state index contributed by atoms with van der Waals surface area (Å²) in [6, 6.07) is 0. The van der Waals surface area contributed by atoms with Crippen molar-refractivity contribution in [2.75, 3.05) is 6.61 Å². The van der Waals surface area contributed by atoms with Crippen LogP contribution in [-0.4, -0.2) is 35.4 Å². The van der Waals surface area contributed by atoms with E-state index in [0.717, 1.165) is 18.4 Å². The van der Waals surface area contributed by atoms with Gasteiger partial charge in [-0.2, -0.15) is 0 Å². The number of rotatable bonds is 4. The molecule has 0 spiro atoms. The Balaban J connectivity index is 2.35. The molecule has 2 rings (SSSR count). The highest BCUT2D eigenvalue weighted by Gasteiger charge is 2.58. The van der Waals surface area contributed by atoms with Gasteiger partial charge < -0.3 is 14.6 Å². The van der Waals surface area contributed by atoms with E-state index in [4.69, 9.17) is 9.47 Å². The molecule has 2 aliphatic carbocycles. The van der Waals surface area contributed by atoms with E-state index in [9.17, 15) is 14.7 Å². The van der Waals surface area contributed by atoms with Crippen molar-refractivity contribution in [1.82, 2.24) is 0 Å². The smallest absolute Gasteiger partial charge is 0.303 e. The zero-order valence-electron chi connectivity index (χ0n) is 15.4. The number of carbonyl (C=O) groups excluding carboxylic acids is 2. The third kappa shape index (κ3) is 3.51. The number of fused-ring (bicyclic) bond motifs is 1. The number of hydrogen-bond donors (Lipinski definition) is 1. The third-order valence-electron chi connectivity index (χ3n) is 5.81. The maximum atomic E-state index is 11.8. The molecule has 1 N–H and O–H groups in total. The summed E-state index contributed by atoms with van der Waals surface area (Å²) < 4.78 is 10.8. The maximum Gasteiger partial charge on any atom is 0.303 e. The fourth-order valence-electron chi connectivity index (χ4n) is 4.61. The first-order chi connectivity index (χ1) is 11.2. The van der Waals surface area contributed by atoms with Gasteiger partial charge in [-0.3, -0.25) is 9.59 Å². The molecule has 0 radical (unpaired) electrons. The molecule has 1 fully saturated rings. The fourth-order valence-corrected chi connectivity index (χ4v) is 4.61. The van der Waals surface area contributed by atoms with E-state index in [1.807, 2.05) is 20.8 Å². The summed E-state index contributed by atoms with van der Waals surface area (Å²) in [6.07, 6.45) is 4.15. The summed E-state index contributed by atoms with van der Waals surface area (Å²) in [6.45, 7) is 9.11. The van der Waals surface area contributed by atoms with E-state index < -0.39 is 11.7 Å². The molecule has 0 saturated heterocycles. The predicted molar refractivity (Wildman–Crippen MR) is 90.1 cm³/mol. The topological polar surface area (TPSA) is 72.8 Å². The SMILES string of the molecule is CC(=O)OC[C@@H](C)[C@@H]1CC=C(C)[C@@H]2CC[C@@H](C)[C@@H](OC(C)=O)[C@@]21O. The van der Waals surface area contributed by atoms with E-state index in [2.05, 4.69) is 6.08 Å². The van der Waals surface area contributed by atoms with Gasteiger partial charge in [-0.1, -0.05) is 25.5 Å². The van der Waals surface area contributed by atoms with Gasteiger partial charge in [-0.05, 0) is 38.0 Å². The zero-order chi connectivity index (χ0) is 18.1. The molecule has 136 valence electrons. The monoisotopic (exact) mass is 338 g/mol. The Morgan fingerprint density at radius 3 is 2.58 bits per heavy atom. The normalized spacial score (nSPS) is 37.0. The lowest BCUT2D eigenvalue weighted by Crippen LogP contribution is -2.63. The number of ether oxygens (including phenoxy) is 2. The van der Waals surface area contributed by atoms with Crippen LogP contribution in [0, 0.1) is 23.7 Å². The van der Waals surface area contributed by atoms with Crippen molar-refractivity contribution in [1.29, 1.82) is 0 Å². The van der Waals surface area contributed by atoms with E-state index in [1.54, 1.807) is 0 Å². The van der Waals surface area contributed by atoms with Crippen LogP contribution in [0.2, 0.25) is 0 Å². The average molecular weight is 338 g/mol. The summed E-state index contributed by atoms with van der Waals surface area (Å²) in [5.41, 5.74) is 0.0550. The van der Waals surface area contributed by atoms with Crippen LogP contribution in [0.15, 0.2) is 11.6 Å². The molecule has 5 nitrogen and oxygen atoms in total. The quantitative estimate of drug-likeness (QED) is 0.630. The molecule has 0 amide bonds. The molecule has 0 aromatic carbocycles. The van der Waals surface area contributed by atoms with Crippen molar-refractivity contribution in [3.05, 3.63) is 11.6 Å². The van der Waals surface area contributed by atoms with Gasteiger partial charge in [-0.25, -0.2) is 0 Å². The van der Waals surface area contributed by atoms with Crippen molar-refractivity contribution in [3.8, 4) is 0 Å². The van der Waals surface area contributed by atoms with Gasteiger partial charge in [0.05, 0.1) is 6.61 Å². The fraction of sp³-hybridized carbons (Fsp3) is 0.789. The molecule has 0 bridgehead atoms. The maximum absolute atomic E-state index is 11.8. The number of esters is 2. The molecule has 0 unspecified atom stereocenters. The molecular formula is C19H30O5. The van der Waals surface area contributed by atoms with Crippen LogP contribution in [0.4, 0.5) is 0 Å². The van der Waals surface area contributed by atoms with Crippen LogP contribution in [0.3, 0.4) is 0 Å². The van der Waals surface area contributed by atoms with Crippen molar-refractivity contribution in [2.45, 2.75) is 65.6 Å². The molecular weight excluding hydrogens is 308 g/mol. The molecule has 2 aliphatic rings. The standard InChI is InChI=1S/C19H30O5/c1-11-6-8-17(13(3)10-23-14(4)20)19(22)16(11)9-7-12(2)18(19)24-15(5)21/h6,12-13,16-18,22H,7-10H2,1-5H3/t12-,13-,16+,17+,18-,19-/m1/s1. The first-order valence-electron chi connectivity index (χ1n) is 8.87. The lowest BCUT2D eigenvalue weighted by atomic mass is 9.56. The van der Waals surface area contributed by atoms with Crippen molar-refractivity contribution < 1.29 is 24.2 Å². The average Bonchev–Trinajstić information content (AvgIpc) is 2.48. The van der Waals surface area contributed by atoms with E-state index >= 15 is 0 Å². The summed E-state index contributed by atoms with van der Waals surface area (Å²) in [5, 5.41) is 11.8. The largest absolute Gasteiger partial charge is 0.466 e. The Morgan fingerprint density at radius 2 is 2.00 bits per heavy atom. The summed E-state index contributed by atoms with van der Waals surface area (Å²) in [4.78, 5) is 22.8.